The fraction of sp³-hybridized carbons (Fsp3) is 0.724. The molecule has 0 heterocycles. The number of nitrogens with zero attached hydrogens (tertiary/aromatic N) is 1. The summed E-state index contributed by atoms with van der Waals surface area (Å²) in [4.78, 5) is 25.2. The van der Waals surface area contributed by atoms with Crippen LogP contribution in [0.4, 0.5) is 4.79 Å². The van der Waals surface area contributed by atoms with Crippen LogP contribution < -0.4 is 5.32 Å². The van der Waals surface area contributed by atoms with E-state index in [1.807, 2.05) is 0 Å². The Morgan fingerprint density at radius 3 is 1.89 bits per heavy atom. The largest absolute Gasteiger partial charge is 0.462 e. The lowest BCUT2D eigenvalue weighted by atomic mass is 10.0. The van der Waals surface area contributed by atoms with Gasteiger partial charge in [0.1, 0.15) is 13.2 Å². The molecule has 0 aromatic heterocycles. The highest BCUT2D eigenvalue weighted by Crippen LogP contribution is 2.13. The van der Waals surface area contributed by atoms with Crippen LogP contribution in [0.1, 0.15) is 90.0 Å². The Kier molecular flexibility index (Phi) is 22.7. The lowest BCUT2D eigenvalue weighted by molar-refractivity contribution is -0.148. The number of amides is 1. The fourth-order valence-electron chi connectivity index (χ4n) is 3.90. The van der Waals surface area contributed by atoms with Crippen molar-refractivity contribution in [2.75, 3.05) is 39.9 Å². The summed E-state index contributed by atoms with van der Waals surface area (Å²) in [6.07, 6.45) is 15.4. The molecule has 208 valence electrons. The molecule has 1 N–H and O–H groups in total. The third-order valence-corrected chi connectivity index (χ3v) is 6.14. The monoisotopic (exact) mass is 570 g/mol. The van der Waals surface area contributed by atoms with E-state index in [9.17, 15) is 9.59 Å². The molecule has 0 radical (unpaired) electrons. The number of hydrogen-bond acceptors (Lipinski definition) is 5. The van der Waals surface area contributed by atoms with Crippen molar-refractivity contribution in [3.8, 4) is 0 Å². The van der Waals surface area contributed by atoms with Gasteiger partial charge in [0.05, 0.1) is 5.92 Å². The molecule has 1 aromatic rings. The van der Waals surface area contributed by atoms with E-state index in [1.54, 1.807) is 13.8 Å². The third-order valence-electron chi connectivity index (χ3n) is 6.14. The van der Waals surface area contributed by atoms with E-state index in [4.69, 9.17) is 9.47 Å². The highest BCUT2D eigenvalue weighted by molar-refractivity contribution is 8.93. The number of aryl methyl sites for hydroxylation is 1. The molecule has 0 unspecified atom stereocenters. The first kappa shape index (κ1) is 34.4. The van der Waals surface area contributed by atoms with Gasteiger partial charge in [0, 0.05) is 13.1 Å². The van der Waals surface area contributed by atoms with Gasteiger partial charge in [0.15, 0.2) is 0 Å². The van der Waals surface area contributed by atoms with Crippen molar-refractivity contribution in [3.05, 3.63) is 35.9 Å². The number of carbonyl (C=O) groups excluding carboxylic acids is 2. The lowest BCUT2D eigenvalue weighted by Crippen LogP contribution is -2.34. The van der Waals surface area contributed by atoms with Crippen molar-refractivity contribution in [1.29, 1.82) is 0 Å². The Bertz CT molecular complexity index is 658. The van der Waals surface area contributed by atoms with Crippen molar-refractivity contribution in [3.63, 3.8) is 0 Å². The fourth-order valence-corrected chi connectivity index (χ4v) is 3.90. The number of nitrogens with one attached hydrogen (secondary N) is 1. The van der Waals surface area contributed by atoms with Crippen molar-refractivity contribution >= 4 is 29.0 Å². The van der Waals surface area contributed by atoms with Crippen molar-refractivity contribution in [1.82, 2.24) is 10.2 Å². The number of hydrogen-bond donors (Lipinski definition) is 1. The van der Waals surface area contributed by atoms with Gasteiger partial charge < -0.3 is 19.7 Å². The smallest absolute Gasteiger partial charge is 0.407 e. The molecular formula is C29H51BrN2O4. The first-order chi connectivity index (χ1) is 17.0. The van der Waals surface area contributed by atoms with Crippen molar-refractivity contribution in [2.45, 2.75) is 90.9 Å². The second kappa shape index (κ2) is 23.8. The van der Waals surface area contributed by atoms with Crippen LogP contribution in [0.5, 0.6) is 0 Å². The normalized spacial score (nSPS) is 10.8. The van der Waals surface area contributed by atoms with E-state index < -0.39 is 6.09 Å². The predicted molar refractivity (Wildman–Crippen MR) is 154 cm³/mol. The summed E-state index contributed by atoms with van der Waals surface area (Å²) in [5.41, 5.74) is 1.47. The first-order valence-corrected chi connectivity index (χ1v) is 13.8. The molecule has 1 amide bonds. The highest BCUT2D eigenvalue weighted by Gasteiger charge is 2.08. The zero-order chi connectivity index (χ0) is 25.6. The average Bonchev–Trinajstić information content (AvgIpc) is 2.85. The number of alkyl carbamates (subject to hydrolysis) is 1. The van der Waals surface area contributed by atoms with E-state index in [0.29, 0.717) is 6.54 Å². The van der Waals surface area contributed by atoms with Gasteiger partial charge in [-0.15, -0.1) is 17.0 Å². The van der Waals surface area contributed by atoms with Gasteiger partial charge in [-0.3, -0.25) is 4.79 Å². The molecular weight excluding hydrogens is 520 g/mol. The van der Waals surface area contributed by atoms with Gasteiger partial charge in [-0.05, 0) is 38.4 Å². The molecule has 0 aliphatic rings. The van der Waals surface area contributed by atoms with Crippen LogP contribution in [-0.2, 0) is 20.7 Å². The number of unbranched alkanes of at least 4 members (excludes halogenated alkanes) is 10. The summed E-state index contributed by atoms with van der Waals surface area (Å²) in [7, 11) is 2.08. The minimum atomic E-state index is -0.466. The maximum absolute atomic E-state index is 11.6. The van der Waals surface area contributed by atoms with Crippen LogP contribution in [0.2, 0.25) is 0 Å². The second-order valence-corrected chi connectivity index (χ2v) is 9.81. The minimum absolute atomic E-state index is 0. The van der Waals surface area contributed by atoms with Gasteiger partial charge in [-0.25, -0.2) is 4.79 Å². The maximum Gasteiger partial charge on any atom is 0.407 e. The summed E-state index contributed by atoms with van der Waals surface area (Å²) in [6.45, 7) is 6.10. The Morgan fingerprint density at radius 1 is 0.778 bits per heavy atom. The van der Waals surface area contributed by atoms with Crippen molar-refractivity contribution in [2.24, 2.45) is 5.92 Å². The number of carbonyl (C=O) groups is 2. The Balaban J connectivity index is 0.0000122. The van der Waals surface area contributed by atoms with Crippen LogP contribution in [0, 0.1) is 5.92 Å². The molecule has 0 bridgehead atoms. The Hall–Kier alpha value is -1.60. The number of ether oxygens (including phenoxy) is 2. The quantitative estimate of drug-likeness (QED) is 0.128. The SMILES string of the molecule is Br.CC(C)C(=O)OCCOC(=O)NCCN(C)CCCCCCCCCCCCCc1ccccc1. The predicted octanol–water partition coefficient (Wildman–Crippen LogP) is 6.96. The standard InChI is InChI=1S/C29H50N2O4.BrH/c1-26(2)28(32)34-24-25-35-29(33)30-21-23-31(3)22-17-12-10-8-6-4-5-7-9-11-14-18-27-19-15-13-16-20-27;/h13,15-16,19-20,26H,4-12,14,17-18,21-25H2,1-3H3,(H,30,33);1H. The molecule has 36 heavy (non-hydrogen) atoms. The highest BCUT2D eigenvalue weighted by atomic mass is 79.9. The molecule has 7 heteroatoms. The van der Waals surface area contributed by atoms with E-state index in [-0.39, 0.29) is 42.1 Å². The number of likely N-dealkylation sites (N-methyl/N-ethyl adjacent to an activating group) is 1. The molecule has 0 saturated heterocycles. The van der Waals surface area contributed by atoms with Crippen LogP contribution in [0.25, 0.3) is 0 Å². The van der Waals surface area contributed by atoms with Gasteiger partial charge >= 0.3 is 12.1 Å². The van der Waals surface area contributed by atoms with Crippen LogP contribution >= 0.6 is 17.0 Å². The minimum Gasteiger partial charge on any atom is -0.462 e. The van der Waals surface area contributed by atoms with E-state index in [1.165, 1.54) is 82.6 Å². The van der Waals surface area contributed by atoms with Crippen LogP contribution in [-0.4, -0.2) is 56.9 Å². The van der Waals surface area contributed by atoms with Gasteiger partial charge in [0.25, 0.3) is 0 Å². The third kappa shape index (κ3) is 20.6. The number of benzene rings is 1. The van der Waals surface area contributed by atoms with E-state index in [0.717, 1.165) is 13.1 Å². The summed E-state index contributed by atoms with van der Waals surface area (Å²) >= 11 is 0. The van der Waals surface area contributed by atoms with Gasteiger partial charge in [-0.2, -0.15) is 0 Å². The molecule has 1 rings (SSSR count). The van der Waals surface area contributed by atoms with Crippen LogP contribution in [0.15, 0.2) is 30.3 Å². The molecule has 1 aromatic carbocycles. The maximum atomic E-state index is 11.6. The molecule has 6 nitrogen and oxygen atoms in total. The second-order valence-electron chi connectivity index (χ2n) is 9.81. The topological polar surface area (TPSA) is 67.9 Å². The Labute approximate surface area is 230 Å². The van der Waals surface area contributed by atoms with E-state index in [2.05, 4.69) is 47.6 Å². The number of halogens is 1. The molecule has 0 fully saturated rings. The van der Waals surface area contributed by atoms with Gasteiger partial charge in [0.2, 0.25) is 0 Å². The summed E-state index contributed by atoms with van der Waals surface area (Å²) in [6, 6.07) is 10.8. The molecule has 0 spiro atoms. The Morgan fingerprint density at radius 2 is 1.31 bits per heavy atom. The molecule has 0 atom stereocenters. The van der Waals surface area contributed by atoms with Crippen molar-refractivity contribution < 1.29 is 19.1 Å². The number of rotatable bonds is 21. The van der Waals surface area contributed by atoms with E-state index >= 15 is 0 Å². The lowest BCUT2D eigenvalue weighted by Gasteiger charge is -2.16. The molecule has 0 aliphatic carbocycles. The summed E-state index contributed by atoms with van der Waals surface area (Å²) in [5, 5.41) is 2.73. The first-order valence-electron chi connectivity index (χ1n) is 13.8. The zero-order valence-corrected chi connectivity index (χ0v) is 24.7. The summed E-state index contributed by atoms with van der Waals surface area (Å²) in [5.74, 6) is -0.452. The average molecular weight is 572 g/mol. The number of esters is 1. The molecule has 0 aliphatic heterocycles. The molecule has 0 saturated carbocycles. The zero-order valence-electron chi connectivity index (χ0n) is 23.0. The van der Waals surface area contributed by atoms with Crippen LogP contribution in [0.3, 0.4) is 0 Å². The summed E-state index contributed by atoms with van der Waals surface area (Å²) < 4.78 is 9.97. The van der Waals surface area contributed by atoms with Gasteiger partial charge in [-0.1, -0.05) is 102 Å².